The lowest BCUT2D eigenvalue weighted by atomic mass is 9.91. The van der Waals surface area contributed by atoms with Crippen LogP contribution in [-0.4, -0.2) is 35.2 Å². The van der Waals surface area contributed by atoms with Crippen molar-refractivity contribution in [2.75, 3.05) is 18.5 Å². The van der Waals surface area contributed by atoms with E-state index < -0.39 is 12.0 Å². The number of benzene rings is 2. The van der Waals surface area contributed by atoms with E-state index >= 15 is 0 Å². The second kappa shape index (κ2) is 7.91. The van der Waals surface area contributed by atoms with E-state index in [1.807, 2.05) is 43.3 Å². The van der Waals surface area contributed by atoms with E-state index in [0.717, 1.165) is 11.1 Å². The first-order chi connectivity index (χ1) is 12.6. The van der Waals surface area contributed by atoms with Gasteiger partial charge in [0.2, 0.25) is 0 Å². The maximum absolute atomic E-state index is 12.9. The van der Waals surface area contributed by atoms with Gasteiger partial charge in [-0.05, 0) is 36.6 Å². The van der Waals surface area contributed by atoms with Crippen molar-refractivity contribution in [2.24, 2.45) is 0 Å². The molecule has 3 rings (SSSR count). The Bertz CT molecular complexity index is 806. The zero-order valence-corrected chi connectivity index (χ0v) is 14.6. The van der Waals surface area contributed by atoms with E-state index in [0.29, 0.717) is 31.0 Å². The van der Waals surface area contributed by atoms with E-state index in [2.05, 4.69) is 5.32 Å². The molecule has 0 aliphatic carbocycles. The van der Waals surface area contributed by atoms with Crippen LogP contribution in [0, 0.1) is 0 Å². The first-order valence-electron chi connectivity index (χ1n) is 8.69. The van der Waals surface area contributed by atoms with Crippen molar-refractivity contribution in [1.29, 1.82) is 0 Å². The minimum absolute atomic E-state index is 0.127. The molecule has 1 atom stereocenters. The molecular weight excluding hydrogens is 332 g/mol. The highest BCUT2D eigenvalue weighted by Crippen LogP contribution is 2.33. The fourth-order valence-corrected chi connectivity index (χ4v) is 3.32. The minimum Gasteiger partial charge on any atom is -0.492 e. The zero-order chi connectivity index (χ0) is 18.5. The van der Waals surface area contributed by atoms with Gasteiger partial charge < -0.3 is 20.1 Å². The summed E-state index contributed by atoms with van der Waals surface area (Å²) in [6.07, 6.45) is 0.574. The number of hydrogen-bond donors (Lipinski definition) is 2. The fraction of sp³-hybridized carbons (Fsp3) is 0.300. The molecule has 0 unspecified atom stereocenters. The van der Waals surface area contributed by atoms with Gasteiger partial charge in [0.1, 0.15) is 5.75 Å². The first-order valence-corrected chi connectivity index (χ1v) is 8.69. The van der Waals surface area contributed by atoms with E-state index in [4.69, 9.17) is 4.74 Å². The lowest BCUT2D eigenvalue weighted by Crippen LogP contribution is -2.43. The molecule has 0 bridgehead atoms. The number of fused-ring (bicyclic) bond motifs is 1. The Kier molecular flexibility index (Phi) is 5.41. The average molecular weight is 354 g/mol. The van der Waals surface area contributed by atoms with Crippen molar-refractivity contribution < 1.29 is 19.4 Å². The summed E-state index contributed by atoms with van der Waals surface area (Å²) in [5, 5.41) is 12.2. The molecule has 6 heteroatoms. The number of nitrogens with one attached hydrogen (secondary N) is 1. The van der Waals surface area contributed by atoms with Crippen LogP contribution in [0.25, 0.3) is 0 Å². The normalized spacial score (nSPS) is 15.9. The number of carboxylic acid groups (broad SMARTS) is 1. The first kappa shape index (κ1) is 17.8. The Balaban J connectivity index is 1.85. The molecule has 2 N–H and O–H groups in total. The van der Waals surface area contributed by atoms with Crippen molar-refractivity contribution in [2.45, 2.75) is 25.8 Å². The molecule has 2 aromatic rings. The highest BCUT2D eigenvalue weighted by molar-refractivity contribution is 5.91. The number of hydrogen-bond acceptors (Lipinski definition) is 3. The Morgan fingerprint density at radius 1 is 1.19 bits per heavy atom. The van der Waals surface area contributed by atoms with Crippen molar-refractivity contribution >= 4 is 17.7 Å². The Hall–Kier alpha value is -3.02. The van der Waals surface area contributed by atoms with Gasteiger partial charge in [0.05, 0.1) is 24.8 Å². The maximum Gasteiger partial charge on any atom is 0.322 e. The van der Waals surface area contributed by atoms with Gasteiger partial charge in [-0.3, -0.25) is 4.79 Å². The van der Waals surface area contributed by atoms with Gasteiger partial charge in [-0.2, -0.15) is 0 Å². The second-order valence-corrected chi connectivity index (χ2v) is 6.12. The lowest BCUT2D eigenvalue weighted by Gasteiger charge is -2.36. The van der Waals surface area contributed by atoms with Crippen LogP contribution in [0.15, 0.2) is 48.5 Å². The molecule has 26 heavy (non-hydrogen) atoms. The van der Waals surface area contributed by atoms with Crippen LogP contribution in [0.4, 0.5) is 10.5 Å². The molecule has 1 aliphatic heterocycles. The summed E-state index contributed by atoms with van der Waals surface area (Å²) in [7, 11) is 0. The highest BCUT2D eigenvalue weighted by Gasteiger charge is 2.32. The van der Waals surface area contributed by atoms with Crippen molar-refractivity contribution in [3.05, 3.63) is 59.7 Å². The van der Waals surface area contributed by atoms with Crippen molar-refractivity contribution in [3.8, 4) is 5.75 Å². The van der Waals surface area contributed by atoms with Crippen LogP contribution in [-0.2, 0) is 11.2 Å². The molecule has 6 nitrogen and oxygen atoms in total. The summed E-state index contributed by atoms with van der Waals surface area (Å²) in [6, 6.07) is 14.1. The lowest BCUT2D eigenvalue weighted by molar-refractivity contribution is -0.138. The van der Waals surface area contributed by atoms with E-state index in [9.17, 15) is 14.7 Å². The molecule has 0 saturated heterocycles. The third-order valence-electron chi connectivity index (χ3n) is 4.47. The van der Waals surface area contributed by atoms with Crippen LogP contribution in [0.1, 0.15) is 30.5 Å². The van der Waals surface area contributed by atoms with Gasteiger partial charge in [0.15, 0.2) is 0 Å². The number of carboxylic acids is 1. The molecule has 0 saturated carbocycles. The van der Waals surface area contributed by atoms with E-state index in [1.165, 1.54) is 0 Å². The molecule has 1 heterocycles. The smallest absolute Gasteiger partial charge is 0.322 e. The van der Waals surface area contributed by atoms with Gasteiger partial charge >= 0.3 is 12.0 Å². The molecule has 1 aliphatic rings. The monoisotopic (exact) mass is 354 g/mol. The highest BCUT2D eigenvalue weighted by atomic mass is 16.5. The van der Waals surface area contributed by atoms with Crippen LogP contribution < -0.4 is 10.1 Å². The summed E-state index contributed by atoms with van der Waals surface area (Å²) < 4.78 is 5.55. The quantitative estimate of drug-likeness (QED) is 0.858. The van der Waals surface area contributed by atoms with E-state index in [1.54, 1.807) is 17.0 Å². The SMILES string of the molecule is CCOc1ccccc1NC(=O)N1CCc2ccccc2[C@H]1CC(=O)O. The van der Waals surface area contributed by atoms with E-state index in [-0.39, 0.29) is 12.5 Å². The van der Waals surface area contributed by atoms with Crippen LogP contribution >= 0.6 is 0 Å². The molecular formula is C20H22N2O4. The molecule has 2 aromatic carbocycles. The molecule has 2 amide bonds. The summed E-state index contributed by atoms with van der Waals surface area (Å²) in [5.41, 5.74) is 2.57. The Morgan fingerprint density at radius 2 is 1.92 bits per heavy atom. The second-order valence-electron chi connectivity index (χ2n) is 6.12. The van der Waals surface area contributed by atoms with Crippen molar-refractivity contribution in [1.82, 2.24) is 4.90 Å². The largest absolute Gasteiger partial charge is 0.492 e. The maximum atomic E-state index is 12.9. The predicted molar refractivity (Wildman–Crippen MR) is 98.5 cm³/mol. The van der Waals surface area contributed by atoms with Gasteiger partial charge in [0.25, 0.3) is 0 Å². The standard InChI is InChI=1S/C20H22N2O4/c1-2-26-18-10-6-5-9-16(18)21-20(25)22-12-11-14-7-3-4-8-15(14)17(22)13-19(23)24/h3-10,17H,2,11-13H2,1H3,(H,21,25)(H,23,24)/t17-/m1/s1. The topological polar surface area (TPSA) is 78.9 Å². The number of aliphatic carboxylic acids is 1. The summed E-state index contributed by atoms with van der Waals surface area (Å²) >= 11 is 0. The predicted octanol–water partition coefficient (Wildman–Crippen LogP) is 3.69. The molecule has 0 fully saturated rings. The van der Waals surface area contributed by atoms with Gasteiger partial charge in [-0.15, -0.1) is 0 Å². The third kappa shape index (κ3) is 3.79. The van der Waals surface area contributed by atoms with Gasteiger partial charge in [0, 0.05) is 6.54 Å². The fourth-order valence-electron chi connectivity index (χ4n) is 3.32. The van der Waals surface area contributed by atoms with Crippen LogP contribution in [0.3, 0.4) is 0 Å². The average Bonchev–Trinajstić information content (AvgIpc) is 2.63. The number of ether oxygens (including phenoxy) is 1. The Labute approximate surface area is 152 Å². The summed E-state index contributed by atoms with van der Waals surface area (Å²) in [4.78, 5) is 25.9. The summed E-state index contributed by atoms with van der Waals surface area (Å²) in [5.74, 6) is -0.338. The van der Waals surface area contributed by atoms with Crippen molar-refractivity contribution in [3.63, 3.8) is 0 Å². The molecule has 0 spiro atoms. The summed E-state index contributed by atoms with van der Waals surface area (Å²) in [6.45, 7) is 2.84. The number of nitrogens with zero attached hydrogens (tertiary/aromatic N) is 1. The number of urea groups is 1. The third-order valence-corrected chi connectivity index (χ3v) is 4.47. The number of rotatable bonds is 5. The molecule has 0 aromatic heterocycles. The van der Waals surface area contributed by atoms with Gasteiger partial charge in [-0.1, -0.05) is 36.4 Å². The number of carbonyl (C=O) groups is 2. The number of carbonyl (C=O) groups excluding carboxylic acids is 1. The number of anilines is 1. The molecule has 0 radical (unpaired) electrons. The zero-order valence-electron chi connectivity index (χ0n) is 14.6. The number of amides is 2. The Morgan fingerprint density at radius 3 is 2.69 bits per heavy atom. The molecule has 136 valence electrons. The van der Waals surface area contributed by atoms with Crippen LogP contribution in [0.5, 0.6) is 5.75 Å². The van der Waals surface area contributed by atoms with Crippen LogP contribution in [0.2, 0.25) is 0 Å². The van der Waals surface area contributed by atoms with Gasteiger partial charge in [-0.25, -0.2) is 4.79 Å². The number of para-hydroxylation sites is 2. The minimum atomic E-state index is -0.931.